The third-order valence-electron chi connectivity index (χ3n) is 4.14. The Bertz CT molecular complexity index is 494. The molecule has 2 heterocycles. The maximum Gasteiger partial charge on any atom is 0.226 e. The van der Waals surface area contributed by atoms with Crippen LogP contribution in [0.3, 0.4) is 0 Å². The number of hydrogen-bond donors (Lipinski definition) is 0. The van der Waals surface area contributed by atoms with Crippen LogP contribution in [-0.2, 0) is 16.6 Å². The van der Waals surface area contributed by atoms with Crippen LogP contribution >= 0.6 is 0 Å². The quantitative estimate of drug-likeness (QED) is 0.857. The lowest BCUT2D eigenvalue weighted by molar-refractivity contribution is -0.134. The highest BCUT2D eigenvalue weighted by molar-refractivity contribution is 5.76. The highest BCUT2D eigenvalue weighted by Gasteiger charge is 2.25. The second-order valence-electron chi connectivity index (χ2n) is 7.86. The summed E-state index contributed by atoms with van der Waals surface area (Å²) in [7, 11) is 0. The van der Waals surface area contributed by atoms with Gasteiger partial charge < -0.3 is 9.42 Å². The molecule has 0 aromatic carbocycles. The van der Waals surface area contributed by atoms with E-state index in [9.17, 15) is 4.79 Å². The van der Waals surface area contributed by atoms with Gasteiger partial charge in [0, 0.05) is 31.3 Å². The third-order valence-corrected chi connectivity index (χ3v) is 4.14. The molecule has 0 spiro atoms. The van der Waals surface area contributed by atoms with Crippen LogP contribution in [0.25, 0.3) is 0 Å². The van der Waals surface area contributed by atoms with Gasteiger partial charge >= 0.3 is 0 Å². The average molecular weight is 307 g/mol. The molecular formula is C17H29N3O2. The molecule has 0 saturated carbocycles. The van der Waals surface area contributed by atoms with Crippen LogP contribution in [0, 0.1) is 11.8 Å². The van der Waals surface area contributed by atoms with E-state index >= 15 is 0 Å². The van der Waals surface area contributed by atoms with Crippen molar-refractivity contribution >= 4 is 5.91 Å². The van der Waals surface area contributed by atoms with Crippen molar-refractivity contribution in [2.45, 2.75) is 65.7 Å². The highest BCUT2D eigenvalue weighted by Crippen LogP contribution is 2.22. The number of piperidine rings is 1. The molecule has 2 rings (SSSR count). The molecule has 1 amide bonds. The predicted molar refractivity (Wildman–Crippen MR) is 85.5 cm³/mol. The van der Waals surface area contributed by atoms with Crippen molar-refractivity contribution in [2.24, 2.45) is 11.8 Å². The summed E-state index contributed by atoms with van der Waals surface area (Å²) < 4.78 is 5.27. The summed E-state index contributed by atoms with van der Waals surface area (Å²) in [4.78, 5) is 18.7. The lowest BCUT2D eigenvalue weighted by Crippen LogP contribution is -2.42. The van der Waals surface area contributed by atoms with Crippen molar-refractivity contribution < 1.29 is 9.32 Å². The highest BCUT2D eigenvalue weighted by atomic mass is 16.5. The molecule has 1 aliphatic rings. The summed E-state index contributed by atoms with van der Waals surface area (Å²) in [6.07, 6.45) is 3.23. The van der Waals surface area contributed by atoms with Gasteiger partial charge in [-0.05, 0) is 24.7 Å². The van der Waals surface area contributed by atoms with Gasteiger partial charge in [-0.3, -0.25) is 4.79 Å². The van der Waals surface area contributed by atoms with E-state index in [2.05, 4.69) is 44.8 Å². The molecule has 5 nitrogen and oxygen atoms in total. The normalized spacial score (nSPS) is 22.9. The van der Waals surface area contributed by atoms with Crippen molar-refractivity contribution in [1.82, 2.24) is 15.0 Å². The van der Waals surface area contributed by atoms with Gasteiger partial charge in [-0.2, -0.15) is 4.98 Å². The maximum atomic E-state index is 12.3. The topological polar surface area (TPSA) is 59.2 Å². The van der Waals surface area contributed by atoms with Gasteiger partial charge in [-0.15, -0.1) is 0 Å². The fourth-order valence-electron chi connectivity index (χ4n) is 3.08. The van der Waals surface area contributed by atoms with Gasteiger partial charge in [0.2, 0.25) is 11.8 Å². The lowest BCUT2D eigenvalue weighted by Gasteiger charge is -2.35. The van der Waals surface area contributed by atoms with E-state index in [0.29, 0.717) is 30.6 Å². The first-order valence-electron chi connectivity index (χ1n) is 8.36. The van der Waals surface area contributed by atoms with Crippen LogP contribution in [0.2, 0.25) is 0 Å². The minimum atomic E-state index is -0.0996. The first-order chi connectivity index (χ1) is 10.3. The number of amides is 1. The number of hydrogen-bond acceptors (Lipinski definition) is 4. The molecule has 1 aromatic heterocycles. The standard InChI is InChI=1S/C17H29N3O2/c1-12-9-13(2)11-20(10-12)15(21)8-6-7-14-18-16(19-22-14)17(3,4)5/h12-13H,6-11H2,1-5H3/t12-,13-/m0/s1. The number of aromatic nitrogens is 2. The molecule has 2 atom stereocenters. The second-order valence-corrected chi connectivity index (χ2v) is 7.86. The molecule has 0 radical (unpaired) electrons. The van der Waals surface area contributed by atoms with Crippen LogP contribution < -0.4 is 0 Å². The van der Waals surface area contributed by atoms with Crippen molar-refractivity contribution in [3.05, 3.63) is 11.7 Å². The van der Waals surface area contributed by atoms with Crippen LogP contribution in [0.4, 0.5) is 0 Å². The second kappa shape index (κ2) is 6.80. The molecule has 1 aromatic rings. The first kappa shape index (κ1) is 17.0. The van der Waals surface area contributed by atoms with Gasteiger partial charge in [0.15, 0.2) is 5.82 Å². The molecule has 0 aliphatic carbocycles. The molecule has 1 aliphatic heterocycles. The number of nitrogens with zero attached hydrogens (tertiary/aromatic N) is 3. The van der Waals surface area contributed by atoms with E-state index in [4.69, 9.17) is 4.52 Å². The fraction of sp³-hybridized carbons (Fsp3) is 0.824. The smallest absolute Gasteiger partial charge is 0.226 e. The summed E-state index contributed by atoms with van der Waals surface area (Å²) in [5, 5.41) is 4.01. The number of carbonyl (C=O) groups is 1. The van der Waals surface area contributed by atoms with E-state index in [1.165, 1.54) is 6.42 Å². The molecule has 0 bridgehead atoms. The zero-order chi connectivity index (χ0) is 16.3. The predicted octanol–water partition coefficient (Wildman–Crippen LogP) is 3.19. The lowest BCUT2D eigenvalue weighted by atomic mass is 9.91. The van der Waals surface area contributed by atoms with E-state index < -0.39 is 0 Å². The van der Waals surface area contributed by atoms with Crippen molar-refractivity contribution in [3.63, 3.8) is 0 Å². The number of carbonyl (C=O) groups excluding carboxylic acids is 1. The largest absolute Gasteiger partial charge is 0.342 e. The Kier molecular flexibility index (Phi) is 5.24. The van der Waals surface area contributed by atoms with Crippen molar-refractivity contribution in [1.29, 1.82) is 0 Å². The number of rotatable bonds is 4. The van der Waals surface area contributed by atoms with Crippen molar-refractivity contribution in [2.75, 3.05) is 13.1 Å². The summed E-state index contributed by atoms with van der Waals surface area (Å²) in [5.74, 6) is 2.84. The van der Waals surface area contributed by atoms with Crippen LogP contribution in [0.5, 0.6) is 0 Å². The fourth-order valence-corrected chi connectivity index (χ4v) is 3.08. The molecular weight excluding hydrogens is 278 g/mol. The SMILES string of the molecule is C[C@H]1C[C@H](C)CN(C(=O)CCCc2nc(C(C)(C)C)no2)C1. The summed E-state index contributed by atoms with van der Waals surface area (Å²) >= 11 is 0. The zero-order valence-corrected chi connectivity index (χ0v) is 14.6. The van der Waals surface area contributed by atoms with E-state index in [-0.39, 0.29) is 11.3 Å². The Morgan fingerprint density at radius 3 is 2.45 bits per heavy atom. The van der Waals surface area contributed by atoms with Gasteiger partial charge in [0.1, 0.15) is 0 Å². The van der Waals surface area contributed by atoms with Crippen LogP contribution in [-0.4, -0.2) is 34.0 Å². The number of likely N-dealkylation sites (tertiary alicyclic amines) is 1. The Morgan fingerprint density at radius 2 is 1.91 bits per heavy atom. The summed E-state index contributed by atoms with van der Waals surface area (Å²) in [5.41, 5.74) is -0.0996. The molecule has 124 valence electrons. The number of aryl methyl sites for hydroxylation is 1. The average Bonchev–Trinajstić information content (AvgIpc) is 2.86. The van der Waals surface area contributed by atoms with E-state index in [0.717, 1.165) is 25.3 Å². The van der Waals surface area contributed by atoms with E-state index in [1.807, 2.05) is 4.90 Å². The van der Waals surface area contributed by atoms with Gasteiger partial charge in [-0.25, -0.2) is 0 Å². The molecule has 1 saturated heterocycles. The minimum absolute atomic E-state index is 0.0996. The van der Waals surface area contributed by atoms with Crippen LogP contribution in [0.15, 0.2) is 4.52 Å². The van der Waals surface area contributed by atoms with Gasteiger partial charge in [0.05, 0.1) is 0 Å². The Labute approximate surface area is 133 Å². The molecule has 5 heteroatoms. The first-order valence-corrected chi connectivity index (χ1v) is 8.36. The van der Waals surface area contributed by atoms with Crippen molar-refractivity contribution in [3.8, 4) is 0 Å². The van der Waals surface area contributed by atoms with Crippen LogP contribution in [0.1, 0.15) is 65.6 Å². The minimum Gasteiger partial charge on any atom is -0.342 e. The van der Waals surface area contributed by atoms with Gasteiger partial charge in [-0.1, -0.05) is 39.8 Å². The summed E-state index contributed by atoms with van der Waals surface area (Å²) in [6.45, 7) is 12.4. The molecule has 0 N–H and O–H groups in total. The van der Waals surface area contributed by atoms with E-state index in [1.54, 1.807) is 0 Å². The zero-order valence-electron chi connectivity index (χ0n) is 14.6. The van der Waals surface area contributed by atoms with Gasteiger partial charge in [0.25, 0.3) is 0 Å². The Hall–Kier alpha value is -1.39. The summed E-state index contributed by atoms with van der Waals surface area (Å²) in [6, 6.07) is 0. The Balaban J connectivity index is 1.78. The monoisotopic (exact) mass is 307 g/mol. The molecule has 0 unspecified atom stereocenters. The maximum absolute atomic E-state index is 12.3. The molecule has 1 fully saturated rings. The molecule has 22 heavy (non-hydrogen) atoms. The Morgan fingerprint density at radius 1 is 1.27 bits per heavy atom. The third kappa shape index (κ3) is 4.55.